The number of carbonyl (C=O) groups excluding carboxylic acids is 2. The summed E-state index contributed by atoms with van der Waals surface area (Å²) in [5, 5.41) is 0. The predicted octanol–water partition coefficient (Wildman–Crippen LogP) is 1.96. The summed E-state index contributed by atoms with van der Waals surface area (Å²) < 4.78 is 0. The van der Waals surface area contributed by atoms with E-state index >= 15 is 0 Å². The molecule has 4 nitrogen and oxygen atoms in total. The van der Waals surface area contributed by atoms with Gasteiger partial charge < -0.3 is 5.73 Å². The molecule has 1 aliphatic rings. The van der Waals surface area contributed by atoms with E-state index in [0.29, 0.717) is 18.8 Å². The van der Waals surface area contributed by atoms with Gasteiger partial charge in [0.1, 0.15) is 0 Å². The second-order valence-corrected chi connectivity index (χ2v) is 5.33. The largest absolute Gasteiger partial charge is 0.322 e. The number of amides is 2. The number of nitrogens with two attached hydrogens (primary N) is 1. The van der Waals surface area contributed by atoms with E-state index in [4.69, 9.17) is 5.73 Å². The third-order valence-electron chi connectivity index (χ3n) is 3.57. The molecule has 1 unspecified atom stereocenters. The van der Waals surface area contributed by atoms with Crippen molar-refractivity contribution in [1.82, 2.24) is 4.90 Å². The van der Waals surface area contributed by atoms with Crippen molar-refractivity contribution in [2.45, 2.75) is 38.6 Å². The Bertz CT molecular complexity index is 463. The first-order chi connectivity index (χ1) is 8.99. The lowest BCUT2D eigenvalue weighted by Gasteiger charge is -2.20. The van der Waals surface area contributed by atoms with Crippen LogP contribution in [0.3, 0.4) is 0 Å². The highest BCUT2D eigenvalue weighted by Crippen LogP contribution is 2.20. The Kier molecular flexibility index (Phi) is 4.00. The molecular formula is C15H20N2O2. The molecule has 0 spiro atoms. The molecule has 1 heterocycles. The summed E-state index contributed by atoms with van der Waals surface area (Å²) in [4.78, 5) is 24.4. The first kappa shape index (κ1) is 13.7. The SMILES string of the molecule is CC(C)c1ccc(C(N)CN2C(=O)CCC2=O)cc1. The van der Waals surface area contributed by atoms with Gasteiger partial charge in [-0.3, -0.25) is 14.5 Å². The molecule has 0 aliphatic carbocycles. The molecule has 102 valence electrons. The van der Waals surface area contributed by atoms with Crippen molar-refractivity contribution >= 4 is 11.8 Å². The number of rotatable bonds is 4. The van der Waals surface area contributed by atoms with Crippen LogP contribution in [-0.4, -0.2) is 23.3 Å². The summed E-state index contributed by atoms with van der Waals surface area (Å²) in [6.07, 6.45) is 0.635. The number of carbonyl (C=O) groups is 2. The second kappa shape index (κ2) is 5.53. The standard InChI is InChI=1S/C15H20N2O2/c1-10(2)11-3-5-12(6-4-11)13(16)9-17-14(18)7-8-15(17)19/h3-6,10,13H,7-9,16H2,1-2H3. The van der Waals surface area contributed by atoms with E-state index in [1.165, 1.54) is 10.5 Å². The summed E-state index contributed by atoms with van der Waals surface area (Å²) in [7, 11) is 0. The maximum absolute atomic E-state index is 11.5. The lowest BCUT2D eigenvalue weighted by molar-refractivity contribution is -0.138. The first-order valence-corrected chi connectivity index (χ1v) is 6.67. The summed E-state index contributed by atoms with van der Waals surface area (Å²) in [5.41, 5.74) is 8.29. The molecule has 1 aliphatic heterocycles. The number of nitrogens with zero attached hydrogens (tertiary/aromatic N) is 1. The van der Waals surface area contributed by atoms with Crippen LogP contribution in [0.4, 0.5) is 0 Å². The number of hydrogen-bond donors (Lipinski definition) is 1. The average molecular weight is 260 g/mol. The number of imide groups is 1. The third kappa shape index (κ3) is 3.01. The summed E-state index contributed by atoms with van der Waals surface area (Å²) >= 11 is 0. The van der Waals surface area contributed by atoms with Gasteiger partial charge in [-0.1, -0.05) is 38.1 Å². The highest BCUT2D eigenvalue weighted by molar-refractivity contribution is 6.01. The number of hydrogen-bond acceptors (Lipinski definition) is 3. The van der Waals surface area contributed by atoms with E-state index in [0.717, 1.165) is 5.56 Å². The fourth-order valence-corrected chi connectivity index (χ4v) is 2.26. The zero-order valence-corrected chi connectivity index (χ0v) is 11.4. The molecule has 0 saturated carbocycles. The van der Waals surface area contributed by atoms with Crippen molar-refractivity contribution in [1.29, 1.82) is 0 Å². The van der Waals surface area contributed by atoms with Gasteiger partial charge in [-0.2, -0.15) is 0 Å². The summed E-state index contributed by atoms with van der Waals surface area (Å²) in [6, 6.07) is 7.74. The number of benzene rings is 1. The topological polar surface area (TPSA) is 63.4 Å². The van der Waals surface area contributed by atoms with Crippen LogP contribution in [0, 0.1) is 0 Å². The van der Waals surface area contributed by atoms with Gasteiger partial charge in [0.2, 0.25) is 11.8 Å². The van der Waals surface area contributed by atoms with Gasteiger partial charge in [0, 0.05) is 25.4 Å². The van der Waals surface area contributed by atoms with Crippen LogP contribution < -0.4 is 5.73 Å². The Balaban J connectivity index is 2.05. The lowest BCUT2D eigenvalue weighted by Crippen LogP contribution is -2.36. The van der Waals surface area contributed by atoms with E-state index in [1.54, 1.807) is 0 Å². The van der Waals surface area contributed by atoms with Crippen molar-refractivity contribution in [3.63, 3.8) is 0 Å². The molecule has 2 amide bonds. The molecule has 19 heavy (non-hydrogen) atoms. The van der Waals surface area contributed by atoms with Crippen LogP contribution in [0.5, 0.6) is 0 Å². The third-order valence-corrected chi connectivity index (χ3v) is 3.57. The van der Waals surface area contributed by atoms with Gasteiger partial charge in [-0.25, -0.2) is 0 Å². The molecule has 2 rings (SSSR count). The molecule has 1 atom stereocenters. The average Bonchev–Trinajstić information content (AvgIpc) is 2.70. The van der Waals surface area contributed by atoms with Gasteiger partial charge >= 0.3 is 0 Å². The molecule has 0 bridgehead atoms. The quantitative estimate of drug-likeness (QED) is 0.842. The molecule has 2 N–H and O–H groups in total. The van der Waals surface area contributed by atoms with E-state index in [9.17, 15) is 9.59 Å². The van der Waals surface area contributed by atoms with Gasteiger partial charge in [0.05, 0.1) is 0 Å². The maximum Gasteiger partial charge on any atom is 0.229 e. The summed E-state index contributed by atoms with van der Waals surface area (Å²) in [5.74, 6) is 0.255. The fourth-order valence-electron chi connectivity index (χ4n) is 2.26. The highest BCUT2D eigenvalue weighted by atomic mass is 16.2. The highest BCUT2D eigenvalue weighted by Gasteiger charge is 2.30. The van der Waals surface area contributed by atoms with Gasteiger partial charge in [0.25, 0.3) is 0 Å². The first-order valence-electron chi connectivity index (χ1n) is 6.67. The molecule has 1 aromatic carbocycles. The van der Waals surface area contributed by atoms with Crippen molar-refractivity contribution < 1.29 is 9.59 Å². The van der Waals surface area contributed by atoms with Crippen LogP contribution >= 0.6 is 0 Å². The Labute approximate surface area is 113 Å². The minimum absolute atomic E-state index is 0.112. The van der Waals surface area contributed by atoms with E-state index in [1.807, 2.05) is 24.3 Å². The van der Waals surface area contributed by atoms with Crippen molar-refractivity contribution in [2.24, 2.45) is 5.73 Å². The Hall–Kier alpha value is -1.68. The maximum atomic E-state index is 11.5. The zero-order chi connectivity index (χ0) is 14.0. The Morgan fingerprint density at radius 2 is 1.53 bits per heavy atom. The van der Waals surface area contributed by atoms with Crippen LogP contribution in [0.25, 0.3) is 0 Å². The molecular weight excluding hydrogens is 240 g/mol. The van der Waals surface area contributed by atoms with E-state index in [2.05, 4.69) is 13.8 Å². The zero-order valence-electron chi connectivity index (χ0n) is 11.4. The minimum Gasteiger partial charge on any atom is -0.322 e. The lowest BCUT2D eigenvalue weighted by atomic mass is 9.99. The van der Waals surface area contributed by atoms with Crippen LogP contribution in [0.2, 0.25) is 0 Å². The Morgan fingerprint density at radius 3 is 2.00 bits per heavy atom. The number of likely N-dealkylation sites (tertiary alicyclic amines) is 1. The molecule has 1 aromatic rings. The van der Waals surface area contributed by atoms with Crippen molar-refractivity contribution in [2.75, 3.05) is 6.54 Å². The molecule has 0 radical (unpaired) electrons. The van der Waals surface area contributed by atoms with Crippen LogP contribution in [0.15, 0.2) is 24.3 Å². The minimum atomic E-state index is -0.313. The Morgan fingerprint density at radius 1 is 1.05 bits per heavy atom. The van der Waals surface area contributed by atoms with Crippen molar-refractivity contribution in [3.05, 3.63) is 35.4 Å². The second-order valence-electron chi connectivity index (χ2n) is 5.33. The van der Waals surface area contributed by atoms with Gasteiger partial charge in [-0.05, 0) is 17.0 Å². The molecule has 0 aromatic heterocycles. The molecule has 4 heteroatoms. The fraction of sp³-hybridized carbons (Fsp3) is 0.467. The van der Waals surface area contributed by atoms with Crippen LogP contribution in [-0.2, 0) is 9.59 Å². The van der Waals surface area contributed by atoms with E-state index < -0.39 is 0 Å². The van der Waals surface area contributed by atoms with E-state index in [-0.39, 0.29) is 24.4 Å². The summed E-state index contributed by atoms with van der Waals surface area (Å²) in [6.45, 7) is 4.55. The normalized spacial score (nSPS) is 17.4. The molecule has 1 fully saturated rings. The monoisotopic (exact) mass is 260 g/mol. The van der Waals surface area contributed by atoms with Crippen molar-refractivity contribution in [3.8, 4) is 0 Å². The van der Waals surface area contributed by atoms with Gasteiger partial charge in [0.15, 0.2) is 0 Å². The predicted molar refractivity (Wildman–Crippen MR) is 73.4 cm³/mol. The smallest absolute Gasteiger partial charge is 0.229 e. The van der Waals surface area contributed by atoms with Crippen LogP contribution in [0.1, 0.15) is 49.8 Å². The van der Waals surface area contributed by atoms with Gasteiger partial charge in [-0.15, -0.1) is 0 Å². The molecule has 1 saturated heterocycles.